The molecule has 1 saturated heterocycles. The molecule has 0 aliphatic carbocycles. The summed E-state index contributed by atoms with van der Waals surface area (Å²) >= 11 is 0. The molecule has 0 amide bonds. The highest BCUT2D eigenvalue weighted by atomic mass is 16.5. The minimum atomic E-state index is 0.328. The Bertz CT molecular complexity index is 344. The molecule has 5 nitrogen and oxygen atoms in total. The van der Waals surface area contributed by atoms with Crippen molar-refractivity contribution in [3.8, 4) is 0 Å². The van der Waals surface area contributed by atoms with Crippen LogP contribution in [0.15, 0.2) is 0 Å². The normalized spacial score (nSPS) is 20.0. The van der Waals surface area contributed by atoms with E-state index in [9.17, 15) is 0 Å². The monoisotopic (exact) mass is 238 g/mol. The van der Waals surface area contributed by atoms with Crippen LogP contribution in [-0.2, 0) is 24.2 Å². The lowest BCUT2D eigenvalue weighted by Gasteiger charge is -2.11. The molecule has 5 heteroatoms. The molecule has 1 aliphatic rings. The molecule has 2 rings (SSSR count). The molecule has 0 saturated carbocycles. The smallest absolute Gasteiger partial charge is 0.0996 e. The van der Waals surface area contributed by atoms with E-state index in [0.29, 0.717) is 6.10 Å². The van der Waals surface area contributed by atoms with Crippen LogP contribution >= 0.6 is 0 Å². The predicted molar refractivity (Wildman–Crippen MR) is 65.8 cm³/mol. The number of nitrogens with zero attached hydrogens (tertiary/aromatic N) is 3. The fraction of sp³-hybridized carbons (Fsp3) is 0.833. The third kappa shape index (κ3) is 3.04. The molecule has 0 spiro atoms. The number of nitrogens with one attached hydrogen (secondary N) is 1. The molecule has 1 fully saturated rings. The van der Waals surface area contributed by atoms with Crippen molar-refractivity contribution in [1.82, 2.24) is 20.3 Å². The topological polar surface area (TPSA) is 52.0 Å². The molecule has 1 N–H and O–H groups in total. The lowest BCUT2D eigenvalue weighted by atomic mass is 10.2. The third-order valence-corrected chi connectivity index (χ3v) is 3.15. The van der Waals surface area contributed by atoms with Crippen LogP contribution in [0.2, 0.25) is 0 Å². The molecule has 1 aliphatic heterocycles. The Balaban J connectivity index is 2.08. The van der Waals surface area contributed by atoms with Gasteiger partial charge in [-0.05, 0) is 26.3 Å². The van der Waals surface area contributed by atoms with Gasteiger partial charge in [-0.25, -0.2) is 4.68 Å². The molecule has 1 aromatic rings. The Morgan fingerprint density at radius 3 is 3.06 bits per heavy atom. The third-order valence-electron chi connectivity index (χ3n) is 3.15. The SMILES string of the molecule is CCCc1c(CNC)nnn1CC1CCCO1. The maximum absolute atomic E-state index is 5.66. The average Bonchev–Trinajstić information content (AvgIpc) is 2.94. The van der Waals surface area contributed by atoms with Gasteiger partial charge in [0.1, 0.15) is 0 Å². The quantitative estimate of drug-likeness (QED) is 0.807. The second-order valence-corrected chi connectivity index (χ2v) is 4.58. The molecule has 1 unspecified atom stereocenters. The fourth-order valence-corrected chi connectivity index (χ4v) is 2.31. The molecule has 96 valence electrons. The summed E-state index contributed by atoms with van der Waals surface area (Å²) in [6.07, 6.45) is 4.81. The minimum absolute atomic E-state index is 0.328. The Morgan fingerprint density at radius 1 is 1.53 bits per heavy atom. The highest BCUT2D eigenvalue weighted by Gasteiger charge is 2.19. The van der Waals surface area contributed by atoms with Gasteiger partial charge < -0.3 is 10.1 Å². The van der Waals surface area contributed by atoms with E-state index in [-0.39, 0.29) is 0 Å². The minimum Gasteiger partial charge on any atom is -0.376 e. The molecule has 0 bridgehead atoms. The van der Waals surface area contributed by atoms with Crippen LogP contribution in [0.3, 0.4) is 0 Å². The summed E-state index contributed by atoms with van der Waals surface area (Å²) in [6.45, 7) is 4.73. The van der Waals surface area contributed by atoms with Crippen molar-refractivity contribution in [3.63, 3.8) is 0 Å². The largest absolute Gasteiger partial charge is 0.376 e. The molecule has 2 heterocycles. The number of hydrogen-bond donors (Lipinski definition) is 1. The highest BCUT2D eigenvalue weighted by molar-refractivity contribution is 5.10. The van der Waals surface area contributed by atoms with Crippen LogP contribution in [-0.4, -0.2) is 34.8 Å². The van der Waals surface area contributed by atoms with Gasteiger partial charge in [0, 0.05) is 13.2 Å². The maximum Gasteiger partial charge on any atom is 0.0996 e. The first-order valence-corrected chi connectivity index (χ1v) is 6.52. The highest BCUT2D eigenvalue weighted by Crippen LogP contribution is 2.16. The first-order valence-electron chi connectivity index (χ1n) is 6.52. The van der Waals surface area contributed by atoms with Crippen molar-refractivity contribution in [1.29, 1.82) is 0 Å². The second-order valence-electron chi connectivity index (χ2n) is 4.58. The van der Waals surface area contributed by atoms with Gasteiger partial charge >= 0.3 is 0 Å². The van der Waals surface area contributed by atoms with Crippen molar-refractivity contribution in [2.24, 2.45) is 0 Å². The molecule has 1 aromatic heterocycles. The first-order chi connectivity index (χ1) is 8.35. The van der Waals surface area contributed by atoms with Gasteiger partial charge in [-0.15, -0.1) is 5.10 Å². The lowest BCUT2D eigenvalue weighted by molar-refractivity contribution is 0.0927. The summed E-state index contributed by atoms with van der Waals surface area (Å²) in [4.78, 5) is 0. The van der Waals surface area contributed by atoms with Crippen LogP contribution in [0.1, 0.15) is 37.6 Å². The Kier molecular flexibility index (Phi) is 4.50. The summed E-state index contributed by atoms with van der Waals surface area (Å²) < 4.78 is 7.69. The van der Waals surface area contributed by atoms with Crippen molar-refractivity contribution < 1.29 is 4.74 Å². The van der Waals surface area contributed by atoms with Gasteiger partial charge in [0.15, 0.2) is 0 Å². The van der Waals surface area contributed by atoms with Gasteiger partial charge in [-0.1, -0.05) is 18.6 Å². The second kappa shape index (κ2) is 6.12. The predicted octanol–water partition coefficient (Wildman–Crippen LogP) is 1.13. The van der Waals surface area contributed by atoms with E-state index in [2.05, 4.69) is 22.6 Å². The summed E-state index contributed by atoms with van der Waals surface area (Å²) in [7, 11) is 1.94. The Labute approximate surface area is 103 Å². The fourth-order valence-electron chi connectivity index (χ4n) is 2.31. The Morgan fingerprint density at radius 2 is 2.41 bits per heavy atom. The van der Waals surface area contributed by atoms with E-state index in [1.807, 2.05) is 11.7 Å². The summed E-state index contributed by atoms with van der Waals surface area (Å²) in [6, 6.07) is 0. The number of rotatable bonds is 6. The van der Waals surface area contributed by atoms with Crippen LogP contribution in [0, 0.1) is 0 Å². The Hall–Kier alpha value is -0.940. The molecular formula is C12H22N4O. The van der Waals surface area contributed by atoms with Crippen LogP contribution in [0.25, 0.3) is 0 Å². The standard InChI is InChI=1S/C12H22N4O/c1-3-5-12-11(8-13-2)14-15-16(12)9-10-6-4-7-17-10/h10,13H,3-9H2,1-2H3. The number of aromatic nitrogens is 3. The van der Waals surface area contributed by atoms with E-state index in [4.69, 9.17) is 4.74 Å². The van der Waals surface area contributed by atoms with Crippen molar-refractivity contribution in [2.45, 2.75) is 51.8 Å². The van der Waals surface area contributed by atoms with Crippen molar-refractivity contribution in [3.05, 3.63) is 11.4 Å². The number of hydrogen-bond acceptors (Lipinski definition) is 4. The van der Waals surface area contributed by atoms with Crippen LogP contribution in [0.5, 0.6) is 0 Å². The molecule has 0 aromatic carbocycles. The van der Waals surface area contributed by atoms with E-state index in [1.165, 1.54) is 12.1 Å². The van der Waals surface area contributed by atoms with Gasteiger partial charge in [0.2, 0.25) is 0 Å². The molecule has 1 atom stereocenters. The van der Waals surface area contributed by atoms with Crippen LogP contribution in [0.4, 0.5) is 0 Å². The molecular weight excluding hydrogens is 216 g/mol. The average molecular weight is 238 g/mol. The van der Waals surface area contributed by atoms with E-state index < -0.39 is 0 Å². The maximum atomic E-state index is 5.66. The molecule has 17 heavy (non-hydrogen) atoms. The van der Waals surface area contributed by atoms with Gasteiger partial charge in [-0.3, -0.25) is 0 Å². The zero-order chi connectivity index (χ0) is 12.1. The van der Waals surface area contributed by atoms with Gasteiger partial charge in [0.25, 0.3) is 0 Å². The number of ether oxygens (including phenoxy) is 1. The van der Waals surface area contributed by atoms with Crippen molar-refractivity contribution in [2.75, 3.05) is 13.7 Å². The zero-order valence-electron chi connectivity index (χ0n) is 10.8. The van der Waals surface area contributed by atoms with E-state index in [0.717, 1.165) is 44.7 Å². The van der Waals surface area contributed by atoms with Gasteiger partial charge in [-0.2, -0.15) is 0 Å². The van der Waals surface area contributed by atoms with Crippen LogP contribution < -0.4 is 5.32 Å². The zero-order valence-corrected chi connectivity index (χ0v) is 10.8. The lowest BCUT2D eigenvalue weighted by Crippen LogP contribution is -2.18. The first kappa shape index (κ1) is 12.5. The van der Waals surface area contributed by atoms with E-state index >= 15 is 0 Å². The van der Waals surface area contributed by atoms with Gasteiger partial charge in [0.05, 0.1) is 24.0 Å². The van der Waals surface area contributed by atoms with Crippen molar-refractivity contribution >= 4 is 0 Å². The summed E-state index contributed by atoms with van der Waals surface area (Å²) in [5, 5.41) is 11.7. The van der Waals surface area contributed by atoms with E-state index in [1.54, 1.807) is 0 Å². The molecule has 0 radical (unpaired) electrons. The summed E-state index contributed by atoms with van der Waals surface area (Å²) in [5.41, 5.74) is 2.34. The summed E-state index contributed by atoms with van der Waals surface area (Å²) in [5.74, 6) is 0.